The Kier molecular flexibility index (Phi) is 0.381. The Morgan fingerprint density at radius 3 is 3.40 bits per heavy atom. The molecule has 5 heavy (non-hydrogen) atoms. The van der Waals surface area contributed by atoms with Crippen molar-refractivity contribution in [3.8, 4) is 0 Å². The maximum absolute atomic E-state index is 6.94. The van der Waals surface area contributed by atoms with Gasteiger partial charge in [0.15, 0.2) is 0 Å². The average Bonchev–Trinajstić information content (AvgIpc) is 1.86. The quantitative estimate of drug-likeness (QED) is 0.409. The molecule has 0 amide bonds. The van der Waals surface area contributed by atoms with Gasteiger partial charge in [-0.25, -0.2) is 4.84 Å². The second-order valence-electron chi connectivity index (χ2n) is 0.534. The minimum atomic E-state index is -1.60. The Morgan fingerprint density at radius 1 is 2.20 bits per heavy atom. The van der Waals surface area contributed by atoms with Crippen molar-refractivity contribution >= 4 is 8.37 Å². The second-order valence-corrected chi connectivity index (χ2v) is 1.16. The molecule has 0 radical (unpaired) electrons. The van der Waals surface area contributed by atoms with E-state index in [-0.39, 0.29) is 8.37 Å². The molecule has 0 aromatic rings. The molecule has 28 valence electrons. The molecule has 3 heteroatoms. The fraction of sp³-hybridized carbons (Fsp3) is 1.00. The SMILES string of the molecule is [2H]C1ON=PC1([2H])[2H]. The van der Waals surface area contributed by atoms with Crippen LogP contribution in [0.5, 0.6) is 0 Å². The maximum Gasteiger partial charge on any atom is 0.0866 e. The van der Waals surface area contributed by atoms with Crippen LogP contribution in [0.25, 0.3) is 0 Å². The fourth-order valence-electron chi connectivity index (χ4n) is 0.118. The van der Waals surface area contributed by atoms with Crippen LogP contribution in [-0.2, 0) is 4.84 Å². The predicted octanol–water partition coefficient (Wildman–Crippen LogP) is 1.06. The average molecular weight is 92.1 g/mol. The summed E-state index contributed by atoms with van der Waals surface area (Å²) in [6.07, 6.45) is -1.60. The van der Waals surface area contributed by atoms with Crippen molar-refractivity contribution in [1.82, 2.24) is 0 Å². The summed E-state index contributed by atoms with van der Waals surface area (Å²) in [5, 5.41) is 0. The molecule has 1 rings (SSSR count). The van der Waals surface area contributed by atoms with E-state index in [1.807, 2.05) is 0 Å². The van der Waals surface area contributed by atoms with Crippen molar-refractivity contribution in [3.05, 3.63) is 0 Å². The lowest BCUT2D eigenvalue weighted by Crippen LogP contribution is -1.76. The maximum atomic E-state index is 6.94. The van der Waals surface area contributed by atoms with Gasteiger partial charge in [-0.3, -0.25) is 0 Å². The third kappa shape index (κ3) is 0.673. The van der Waals surface area contributed by atoms with Crippen LogP contribution in [0.1, 0.15) is 4.11 Å². The van der Waals surface area contributed by atoms with E-state index in [0.717, 1.165) is 0 Å². The van der Waals surface area contributed by atoms with Crippen molar-refractivity contribution < 1.29 is 8.95 Å². The van der Waals surface area contributed by atoms with Crippen LogP contribution in [0.4, 0.5) is 0 Å². The van der Waals surface area contributed by atoms with Gasteiger partial charge in [-0.05, 0) is 0 Å². The molecule has 0 bridgehead atoms. The van der Waals surface area contributed by atoms with E-state index in [4.69, 9.17) is 4.11 Å². The molecular weight excluding hydrogens is 85.0 g/mol. The van der Waals surface area contributed by atoms with Gasteiger partial charge in [-0.1, -0.05) is 0 Å². The molecule has 1 aliphatic rings. The standard InChI is InChI=1S/C2H4NOP/c1-2-5-3-4-1/h1-2H2/i1D,2D2. The summed E-state index contributed by atoms with van der Waals surface area (Å²) in [4.78, 5) is 7.50. The molecule has 0 fully saturated rings. The highest BCUT2D eigenvalue weighted by atomic mass is 31.1. The number of hydrogen-bond acceptors (Lipinski definition) is 2. The number of nitrogens with zero attached hydrogens (tertiary/aromatic N) is 1. The molecule has 0 aliphatic carbocycles. The van der Waals surface area contributed by atoms with Crippen molar-refractivity contribution in [2.75, 3.05) is 12.7 Å². The van der Waals surface area contributed by atoms with E-state index in [1.54, 1.807) is 0 Å². The van der Waals surface area contributed by atoms with E-state index in [2.05, 4.69) is 9.75 Å². The first-order chi connectivity index (χ1) is 3.63. The van der Waals surface area contributed by atoms with Crippen LogP contribution in [0.2, 0.25) is 0 Å². The summed E-state index contributed by atoms with van der Waals surface area (Å²) < 4.78 is 20.7. The third-order valence-electron chi connectivity index (χ3n) is 0.251. The molecule has 0 aromatic heterocycles. The van der Waals surface area contributed by atoms with Crippen molar-refractivity contribution in [3.63, 3.8) is 0 Å². The van der Waals surface area contributed by atoms with E-state index < -0.39 is 12.7 Å². The van der Waals surface area contributed by atoms with Gasteiger partial charge in [0.1, 0.15) is 0 Å². The molecule has 0 spiro atoms. The molecule has 1 atom stereocenters. The first-order valence-corrected chi connectivity index (χ1v) is 1.98. The minimum Gasteiger partial charge on any atom is -0.248 e. The molecule has 0 aromatic carbocycles. The smallest absolute Gasteiger partial charge is 0.0866 e. The summed E-state index contributed by atoms with van der Waals surface area (Å²) in [6, 6.07) is 0. The Morgan fingerprint density at radius 2 is 3.20 bits per heavy atom. The normalized spacial score (nSPS) is 57.6. The minimum absolute atomic E-state index is 0.210. The highest BCUT2D eigenvalue weighted by molar-refractivity contribution is 7.26. The molecule has 0 saturated carbocycles. The molecule has 0 N–H and O–H groups in total. The van der Waals surface area contributed by atoms with Crippen molar-refractivity contribution in [1.29, 1.82) is 0 Å². The third-order valence-corrected chi connectivity index (χ3v) is 0.648. The molecule has 1 heterocycles. The van der Waals surface area contributed by atoms with Crippen LogP contribution in [0.15, 0.2) is 4.91 Å². The summed E-state index contributed by atoms with van der Waals surface area (Å²) in [5.74, 6) is 0. The first-order valence-electron chi connectivity index (χ1n) is 2.71. The Bertz CT molecular complexity index is 126. The Balaban J connectivity index is 2.67. The van der Waals surface area contributed by atoms with Crippen LogP contribution in [-0.4, -0.2) is 12.7 Å². The second kappa shape index (κ2) is 1.48. The van der Waals surface area contributed by atoms with Gasteiger partial charge in [0, 0.05) is 17.2 Å². The monoisotopic (exact) mass is 92.0 g/mol. The highest BCUT2D eigenvalue weighted by Gasteiger charge is 1.87. The zero-order valence-corrected chi connectivity index (χ0v) is 3.27. The topological polar surface area (TPSA) is 21.6 Å². The summed E-state index contributed by atoms with van der Waals surface area (Å²) in [5.41, 5.74) is 0. The van der Waals surface area contributed by atoms with Crippen molar-refractivity contribution in [2.45, 2.75) is 0 Å². The number of rotatable bonds is 0. The molecule has 1 aliphatic heterocycles. The summed E-state index contributed by atoms with van der Waals surface area (Å²) >= 11 is 0. The van der Waals surface area contributed by atoms with E-state index in [9.17, 15) is 0 Å². The highest BCUT2D eigenvalue weighted by Crippen LogP contribution is 2.06. The van der Waals surface area contributed by atoms with Crippen LogP contribution in [0, 0.1) is 0 Å². The zero-order chi connectivity index (χ0) is 6.20. The fourth-order valence-corrected chi connectivity index (χ4v) is 0.354. The van der Waals surface area contributed by atoms with E-state index in [0.29, 0.717) is 0 Å². The summed E-state index contributed by atoms with van der Waals surface area (Å²) in [7, 11) is 0.210. The largest absolute Gasteiger partial charge is 0.248 e. The molecule has 1 unspecified atom stereocenters. The summed E-state index contributed by atoms with van der Waals surface area (Å²) in [6.45, 7) is -1.14. The van der Waals surface area contributed by atoms with Gasteiger partial charge in [0.25, 0.3) is 0 Å². The lowest BCUT2D eigenvalue weighted by Gasteiger charge is -1.70. The zero-order valence-electron chi connectivity index (χ0n) is 5.38. The van der Waals surface area contributed by atoms with Crippen LogP contribution >= 0.6 is 8.37 Å². The van der Waals surface area contributed by atoms with Gasteiger partial charge in [-0.15, -0.1) is 4.91 Å². The number of hydrogen-bond donors (Lipinski definition) is 0. The van der Waals surface area contributed by atoms with Gasteiger partial charge in [0.05, 0.1) is 7.95 Å². The Labute approximate surface area is 36.2 Å². The lowest BCUT2D eigenvalue weighted by molar-refractivity contribution is 0.180. The van der Waals surface area contributed by atoms with E-state index in [1.165, 1.54) is 0 Å². The van der Waals surface area contributed by atoms with Crippen molar-refractivity contribution in [2.24, 2.45) is 4.91 Å². The molecular formula is C2H4NOP. The molecule has 2 nitrogen and oxygen atoms in total. The van der Waals surface area contributed by atoms with Gasteiger partial charge >= 0.3 is 0 Å². The lowest BCUT2D eigenvalue weighted by atomic mass is 10.9. The van der Waals surface area contributed by atoms with Gasteiger partial charge in [0.2, 0.25) is 0 Å². The van der Waals surface area contributed by atoms with Gasteiger partial charge < -0.3 is 0 Å². The van der Waals surface area contributed by atoms with Crippen LogP contribution < -0.4 is 0 Å². The molecule has 0 saturated heterocycles. The predicted molar refractivity (Wildman–Crippen MR) is 20.2 cm³/mol. The van der Waals surface area contributed by atoms with E-state index >= 15 is 0 Å². The van der Waals surface area contributed by atoms with Gasteiger partial charge in [-0.2, -0.15) is 0 Å². The van der Waals surface area contributed by atoms with Crippen LogP contribution in [0.3, 0.4) is 0 Å². The first kappa shape index (κ1) is 1.28. The Hall–Kier alpha value is 0.0600.